The minimum atomic E-state index is -0.628. The standard InChI is InChI=1S/C24H25N4O4/c1-15-7-4-5-10-22(15)27-17(3)23(16(2)26-27)18-11-12-21(13-18)32-24(29)25-19-8-6-9-20(14-19)28(30)31/h4-12,14,18,21,30H,13H2,1-3H3,(H,25,29)/q-1. The Morgan fingerprint density at radius 3 is 2.72 bits per heavy atom. The molecule has 0 aliphatic heterocycles. The molecule has 2 N–H and O–H groups in total. The highest BCUT2D eigenvalue weighted by Crippen LogP contribution is 2.35. The zero-order valence-electron chi connectivity index (χ0n) is 18.1. The van der Waals surface area contributed by atoms with Crippen LogP contribution in [0.25, 0.3) is 5.69 Å². The third-order valence-corrected chi connectivity index (χ3v) is 5.68. The van der Waals surface area contributed by atoms with Gasteiger partial charge in [-0.05, 0) is 63.1 Å². The number of amides is 1. The molecule has 0 saturated carbocycles. The summed E-state index contributed by atoms with van der Waals surface area (Å²) < 4.78 is 7.51. The van der Waals surface area contributed by atoms with Crippen molar-refractivity contribution in [2.24, 2.45) is 0 Å². The Labute approximate surface area is 186 Å². The van der Waals surface area contributed by atoms with Crippen LogP contribution in [0.2, 0.25) is 0 Å². The van der Waals surface area contributed by atoms with E-state index in [2.05, 4.69) is 37.4 Å². The summed E-state index contributed by atoms with van der Waals surface area (Å²) >= 11 is 0. The smallest absolute Gasteiger partial charge is 0.412 e. The van der Waals surface area contributed by atoms with E-state index in [4.69, 9.17) is 15.0 Å². The molecule has 1 heterocycles. The lowest BCUT2D eigenvalue weighted by Crippen LogP contribution is -2.20. The van der Waals surface area contributed by atoms with Gasteiger partial charge in [0.15, 0.2) is 0 Å². The maximum absolute atomic E-state index is 12.3. The molecule has 2 unspecified atom stereocenters. The Balaban J connectivity index is 1.43. The molecule has 3 aromatic rings. The fourth-order valence-corrected chi connectivity index (χ4v) is 4.18. The summed E-state index contributed by atoms with van der Waals surface area (Å²) in [7, 11) is 0. The van der Waals surface area contributed by atoms with Crippen molar-refractivity contribution in [1.29, 1.82) is 0 Å². The highest BCUT2D eigenvalue weighted by molar-refractivity contribution is 5.85. The number of hydrogen-bond donors (Lipinski definition) is 2. The van der Waals surface area contributed by atoms with Crippen LogP contribution >= 0.6 is 0 Å². The summed E-state index contributed by atoms with van der Waals surface area (Å²) in [5.74, 6) is 0.0947. The van der Waals surface area contributed by atoms with Crippen LogP contribution in [0.15, 0.2) is 60.7 Å². The molecule has 8 nitrogen and oxygen atoms in total. The number of allylic oxidation sites excluding steroid dienone is 1. The van der Waals surface area contributed by atoms with Crippen LogP contribution < -0.4 is 10.5 Å². The molecule has 1 aliphatic rings. The van der Waals surface area contributed by atoms with Crippen molar-refractivity contribution in [3.8, 4) is 5.69 Å². The molecular formula is C24H25N4O4-. The Morgan fingerprint density at radius 2 is 1.97 bits per heavy atom. The second-order valence-electron chi connectivity index (χ2n) is 7.90. The van der Waals surface area contributed by atoms with Crippen LogP contribution in [0.4, 0.5) is 16.2 Å². The molecule has 4 rings (SSSR count). The van der Waals surface area contributed by atoms with E-state index in [0.717, 1.165) is 28.2 Å². The molecule has 32 heavy (non-hydrogen) atoms. The fourth-order valence-electron chi connectivity index (χ4n) is 4.18. The van der Waals surface area contributed by atoms with Gasteiger partial charge in [0.25, 0.3) is 0 Å². The Morgan fingerprint density at radius 1 is 1.19 bits per heavy atom. The summed E-state index contributed by atoms with van der Waals surface area (Å²) in [6.07, 6.45) is 3.56. The molecule has 0 saturated heterocycles. The summed E-state index contributed by atoms with van der Waals surface area (Å²) in [4.78, 5) is 12.3. The fraction of sp³-hybridized carbons (Fsp3) is 0.250. The maximum Gasteiger partial charge on any atom is 0.412 e. The average Bonchev–Trinajstić information content (AvgIpc) is 3.31. The second kappa shape index (κ2) is 8.86. The molecule has 0 radical (unpaired) electrons. The number of anilines is 2. The van der Waals surface area contributed by atoms with E-state index in [9.17, 15) is 10.0 Å². The summed E-state index contributed by atoms with van der Waals surface area (Å²) in [6.45, 7) is 6.12. The number of aromatic nitrogens is 2. The number of carbonyl (C=O) groups is 1. The predicted octanol–water partition coefficient (Wildman–Crippen LogP) is 5.15. The summed E-state index contributed by atoms with van der Waals surface area (Å²) in [5.41, 5.74) is 5.73. The van der Waals surface area contributed by atoms with Crippen molar-refractivity contribution in [2.75, 3.05) is 10.5 Å². The van der Waals surface area contributed by atoms with Crippen molar-refractivity contribution in [3.63, 3.8) is 0 Å². The normalized spacial score (nSPS) is 17.4. The van der Waals surface area contributed by atoms with E-state index in [-0.39, 0.29) is 22.9 Å². The minimum absolute atomic E-state index is 0.0141. The van der Waals surface area contributed by atoms with E-state index in [1.165, 1.54) is 12.1 Å². The Hall–Kier alpha value is -3.62. The minimum Gasteiger partial charge on any atom is -0.733 e. The molecule has 1 aliphatic carbocycles. The topological polar surface area (TPSA) is 103 Å². The Bertz CT molecular complexity index is 1170. The second-order valence-corrected chi connectivity index (χ2v) is 7.90. The van der Waals surface area contributed by atoms with E-state index in [1.807, 2.05) is 29.8 Å². The van der Waals surface area contributed by atoms with Gasteiger partial charge in [-0.15, -0.1) is 0 Å². The molecule has 0 fully saturated rings. The van der Waals surface area contributed by atoms with Crippen LogP contribution in [0.1, 0.15) is 34.9 Å². The first kappa shape index (κ1) is 21.6. The lowest BCUT2D eigenvalue weighted by atomic mass is 9.96. The molecule has 2 atom stereocenters. The van der Waals surface area contributed by atoms with Crippen molar-refractivity contribution in [1.82, 2.24) is 9.78 Å². The van der Waals surface area contributed by atoms with Gasteiger partial charge >= 0.3 is 6.09 Å². The maximum atomic E-state index is 12.3. The number of ether oxygens (including phenoxy) is 1. The summed E-state index contributed by atoms with van der Waals surface area (Å²) in [6, 6.07) is 14.1. The van der Waals surface area contributed by atoms with E-state index < -0.39 is 6.09 Å². The van der Waals surface area contributed by atoms with Crippen LogP contribution in [0.3, 0.4) is 0 Å². The van der Waals surface area contributed by atoms with Gasteiger partial charge in [0.05, 0.1) is 17.1 Å². The molecule has 1 aromatic heterocycles. The lowest BCUT2D eigenvalue weighted by Gasteiger charge is -2.22. The van der Waals surface area contributed by atoms with Crippen molar-refractivity contribution in [3.05, 3.63) is 88.4 Å². The third-order valence-electron chi connectivity index (χ3n) is 5.68. The number of carbonyl (C=O) groups excluding carboxylic acids is 1. The molecule has 1 amide bonds. The first-order valence-electron chi connectivity index (χ1n) is 10.4. The zero-order valence-corrected chi connectivity index (χ0v) is 18.1. The largest absolute Gasteiger partial charge is 0.733 e. The number of para-hydroxylation sites is 1. The van der Waals surface area contributed by atoms with Gasteiger partial charge in [0.1, 0.15) is 6.10 Å². The monoisotopic (exact) mass is 433 g/mol. The van der Waals surface area contributed by atoms with E-state index in [1.54, 1.807) is 12.1 Å². The first-order valence-corrected chi connectivity index (χ1v) is 10.4. The highest BCUT2D eigenvalue weighted by atomic mass is 16.8. The number of benzene rings is 2. The SMILES string of the molecule is Cc1ccccc1-n1nc(C)c(C2C=CC(OC(=O)Nc3cccc(N([O-])O)c3)C2)c1C. The Kier molecular flexibility index (Phi) is 5.98. The van der Waals surface area contributed by atoms with Gasteiger partial charge in [-0.2, -0.15) is 5.10 Å². The van der Waals surface area contributed by atoms with Crippen LogP contribution in [-0.4, -0.2) is 27.2 Å². The van der Waals surface area contributed by atoms with Gasteiger partial charge < -0.3 is 15.2 Å². The number of aryl methyl sites for hydroxylation is 2. The van der Waals surface area contributed by atoms with Crippen molar-refractivity contribution in [2.45, 2.75) is 39.2 Å². The molecule has 0 spiro atoms. The molecule has 2 aromatic carbocycles. The predicted molar refractivity (Wildman–Crippen MR) is 122 cm³/mol. The van der Waals surface area contributed by atoms with Gasteiger partial charge in [0, 0.05) is 22.9 Å². The quantitative estimate of drug-likeness (QED) is 0.426. The molecule has 166 valence electrons. The average molecular weight is 433 g/mol. The molecular weight excluding hydrogens is 408 g/mol. The summed E-state index contributed by atoms with van der Waals surface area (Å²) in [5, 5.41) is 27.1. The van der Waals surface area contributed by atoms with E-state index >= 15 is 0 Å². The van der Waals surface area contributed by atoms with Crippen LogP contribution in [0, 0.1) is 26.0 Å². The number of nitrogens with one attached hydrogen (secondary N) is 1. The van der Waals surface area contributed by atoms with Crippen molar-refractivity contribution >= 4 is 17.5 Å². The zero-order chi connectivity index (χ0) is 22.8. The van der Waals surface area contributed by atoms with Gasteiger partial charge in [0.2, 0.25) is 0 Å². The van der Waals surface area contributed by atoms with Crippen LogP contribution in [0.5, 0.6) is 0 Å². The van der Waals surface area contributed by atoms with Gasteiger partial charge in [-0.1, -0.05) is 30.3 Å². The number of rotatable bonds is 5. The van der Waals surface area contributed by atoms with Gasteiger partial charge in [-0.25, -0.2) is 9.48 Å². The third kappa shape index (κ3) is 4.37. The van der Waals surface area contributed by atoms with Crippen LogP contribution in [-0.2, 0) is 4.74 Å². The molecule has 0 bridgehead atoms. The van der Waals surface area contributed by atoms with Gasteiger partial charge in [-0.3, -0.25) is 10.5 Å². The number of hydrogen-bond acceptors (Lipinski definition) is 6. The highest BCUT2D eigenvalue weighted by Gasteiger charge is 2.28. The first-order chi connectivity index (χ1) is 15.3. The van der Waals surface area contributed by atoms with E-state index in [0.29, 0.717) is 12.1 Å². The molecule has 8 heteroatoms. The van der Waals surface area contributed by atoms with Crippen molar-refractivity contribution < 1.29 is 14.7 Å². The number of nitrogens with zero attached hydrogens (tertiary/aromatic N) is 3. The lowest BCUT2D eigenvalue weighted by molar-refractivity contribution is 0.132.